The van der Waals surface area contributed by atoms with Crippen LogP contribution in [0.3, 0.4) is 0 Å². The van der Waals surface area contributed by atoms with E-state index in [1.807, 2.05) is 82.0 Å². The van der Waals surface area contributed by atoms with Gasteiger partial charge in [-0.25, -0.2) is 4.79 Å². The summed E-state index contributed by atoms with van der Waals surface area (Å²) < 4.78 is 32.6. The van der Waals surface area contributed by atoms with Gasteiger partial charge in [0, 0.05) is 49.5 Å². The molecule has 0 spiro atoms. The molecule has 58 heavy (non-hydrogen) atoms. The predicted octanol–water partition coefficient (Wildman–Crippen LogP) is 10.4. The monoisotopic (exact) mass is 824 g/mol. The average molecular weight is 824 g/mol. The summed E-state index contributed by atoms with van der Waals surface area (Å²) in [7, 11) is -2.31. The SMILES string of the molecule is CCOC(C)O[C@]1(C)CC[C@@H](O[Si](C)(C)C(C)(C)C)CC(=O)O[C@H](/C(C)=C/C=C/[C@@H](C)c2ccccn2)[C@@H](C)/C=C/[C@H]1OC(=O)N1CCC(N2CCCCCC2)CC1. The number of allylic oxidation sites excluding steroid dienone is 3. The molecule has 11 heteroatoms. The van der Waals surface area contributed by atoms with Gasteiger partial charge in [0.15, 0.2) is 20.7 Å². The summed E-state index contributed by atoms with van der Waals surface area (Å²) in [6, 6.07) is 6.43. The van der Waals surface area contributed by atoms with Crippen LogP contribution in [0.1, 0.15) is 132 Å². The first-order chi connectivity index (χ1) is 27.4. The molecule has 0 saturated carbocycles. The Labute approximate surface area is 352 Å². The Balaban J connectivity index is 1.67. The first kappa shape index (κ1) is 47.8. The first-order valence-electron chi connectivity index (χ1n) is 22.2. The Bertz CT molecular complexity index is 1510. The molecule has 0 radical (unpaired) electrons. The van der Waals surface area contributed by atoms with Gasteiger partial charge in [-0.1, -0.05) is 77.8 Å². The Morgan fingerprint density at radius 2 is 1.74 bits per heavy atom. The molecule has 4 heterocycles. The van der Waals surface area contributed by atoms with Crippen molar-refractivity contribution in [3.8, 4) is 0 Å². The number of cyclic esters (lactones) is 1. The van der Waals surface area contributed by atoms with Crippen molar-refractivity contribution < 1.29 is 33.0 Å². The van der Waals surface area contributed by atoms with E-state index in [-0.39, 0.29) is 35.4 Å². The fourth-order valence-corrected chi connectivity index (χ4v) is 9.55. The van der Waals surface area contributed by atoms with Crippen molar-refractivity contribution in [3.05, 3.63) is 66.0 Å². The minimum Gasteiger partial charge on any atom is -0.457 e. The summed E-state index contributed by atoms with van der Waals surface area (Å²) in [5, 5.41) is -0.0690. The standard InChI is InChI=1S/C47H77N3O7Si/c1-12-53-38(5)56-47(9)28-25-40(57-58(10,11)46(6,7)8)34-43(51)55-44(36(3)21-19-20-35(2)41-22-15-16-29-48-41)37(4)23-24-42(47)54-45(52)50-32-26-39(27-33-50)49-30-17-13-14-18-31-49/h15-16,19-24,29,35,37-40,42,44H,12-14,17-18,25-28,30-34H2,1-11H3/b20-19+,24-23+,36-21+/t35-,37+,38?,40-,42-,44-,47-/m1/s1. The second kappa shape index (κ2) is 22.1. The number of carbonyl (C=O) groups is 2. The van der Waals surface area contributed by atoms with Crippen LogP contribution in [-0.4, -0.2) is 104 Å². The Morgan fingerprint density at radius 3 is 2.36 bits per heavy atom. The predicted molar refractivity (Wildman–Crippen MR) is 235 cm³/mol. The number of nitrogens with zero attached hydrogens (tertiary/aromatic N) is 3. The molecule has 1 aromatic rings. The first-order valence-corrected chi connectivity index (χ1v) is 25.1. The summed E-state index contributed by atoms with van der Waals surface area (Å²) >= 11 is 0. The molecule has 0 aliphatic carbocycles. The van der Waals surface area contributed by atoms with E-state index in [2.05, 4.69) is 56.7 Å². The molecule has 0 bridgehead atoms. The second-order valence-corrected chi connectivity index (χ2v) is 23.4. The molecule has 3 aliphatic rings. The quantitative estimate of drug-likeness (QED) is 0.0671. The summed E-state index contributed by atoms with van der Waals surface area (Å²) in [4.78, 5) is 37.1. The van der Waals surface area contributed by atoms with Crippen molar-refractivity contribution in [2.45, 2.75) is 180 Å². The van der Waals surface area contributed by atoms with Crippen molar-refractivity contribution in [1.29, 1.82) is 0 Å². The molecule has 4 rings (SSSR count). The van der Waals surface area contributed by atoms with Gasteiger partial charge in [0.1, 0.15) is 11.7 Å². The third kappa shape index (κ3) is 14.1. The average Bonchev–Trinajstić information content (AvgIpc) is 3.47. The van der Waals surface area contributed by atoms with Gasteiger partial charge in [0.25, 0.3) is 0 Å². The second-order valence-electron chi connectivity index (χ2n) is 18.7. The molecule has 7 atom stereocenters. The smallest absolute Gasteiger partial charge is 0.410 e. The zero-order valence-corrected chi connectivity index (χ0v) is 38.8. The van der Waals surface area contributed by atoms with Crippen LogP contribution in [0, 0.1) is 5.92 Å². The largest absolute Gasteiger partial charge is 0.457 e. The number of aromatic nitrogens is 1. The lowest BCUT2D eigenvalue weighted by molar-refractivity contribution is -0.222. The van der Waals surface area contributed by atoms with Crippen molar-refractivity contribution >= 4 is 20.4 Å². The van der Waals surface area contributed by atoms with Crippen LogP contribution in [0.15, 0.2) is 60.3 Å². The number of piperidine rings is 1. The molecule has 0 aromatic carbocycles. The van der Waals surface area contributed by atoms with Crippen molar-refractivity contribution in [3.63, 3.8) is 0 Å². The van der Waals surface area contributed by atoms with Gasteiger partial charge in [0.05, 0.1) is 12.5 Å². The van der Waals surface area contributed by atoms with Gasteiger partial charge in [0.2, 0.25) is 0 Å². The molecule has 3 aliphatic heterocycles. The highest BCUT2D eigenvalue weighted by atomic mass is 28.4. The van der Waals surface area contributed by atoms with Crippen LogP contribution < -0.4 is 0 Å². The summed E-state index contributed by atoms with van der Waals surface area (Å²) in [5.74, 6) is -0.438. The van der Waals surface area contributed by atoms with Gasteiger partial charge in [-0.2, -0.15) is 0 Å². The molecule has 10 nitrogen and oxygen atoms in total. The van der Waals surface area contributed by atoms with Gasteiger partial charge in [-0.05, 0) is 121 Å². The van der Waals surface area contributed by atoms with E-state index >= 15 is 0 Å². The number of pyridine rings is 1. The molecule has 1 unspecified atom stereocenters. The zero-order valence-electron chi connectivity index (χ0n) is 37.8. The highest BCUT2D eigenvalue weighted by Crippen LogP contribution is 2.40. The fraction of sp³-hybridized carbons (Fsp3) is 0.723. The number of hydrogen-bond acceptors (Lipinski definition) is 9. The molecule has 0 N–H and O–H groups in total. The third-order valence-electron chi connectivity index (χ3n) is 12.9. The van der Waals surface area contributed by atoms with Crippen LogP contribution in [0.25, 0.3) is 0 Å². The van der Waals surface area contributed by atoms with Crippen LogP contribution in [0.4, 0.5) is 4.79 Å². The lowest BCUT2D eigenvalue weighted by atomic mass is 9.88. The minimum atomic E-state index is -2.31. The molecule has 2 fully saturated rings. The van der Waals surface area contributed by atoms with Gasteiger partial charge in [-0.15, -0.1) is 0 Å². The molecule has 2 saturated heterocycles. The van der Waals surface area contributed by atoms with E-state index in [0.29, 0.717) is 38.6 Å². The van der Waals surface area contributed by atoms with Gasteiger partial charge >= 0.3 is 12.1 Å². The van der Waals surface area contributed by atoms with E-state index in [4.69, 9.17) is 23.4 Å². The lowest BCUT2D eigenvalue weighted by Gasteiger charge is -2.42. The topological polar surface area (TPSA) is 99.7 Å². The van der Waals surface area contributed by atoms with Crippen LogP contribution >= 0.6 is 0 Å². The van der Waals surface area contributed by atoms with Gasteiger partial charge < -0.3 is 33.2 Å². The number of carbonyl (C=O) groups excluding carboxylic acids is 2. The maximum atomic E-state index is 14.2. The van der Waals surface area contributed by atoms with Crippen LogP contribution in [0.5, 0.6) is 0 Å². The van der Waals surface area contributed by atoms with E-state index in [9.17, 15) is 9.59 Å². The minimum absolute atomic E-state index is 0.0690. The number of esters is 1. The molecular weight excluding hydrogens is 747 g/mol. The third-order valence-corrected chi connectivity index (χ3v) is 17.4. The number of hydrogen-bond donors (Lipinski definition) is 0. The maximum Gasteiger partial charge on any atom is 0.410 e. The Hall–Kier alpha value is -2.83. The van der Waals surface area contributed by atoms with Crippen LogP contribution in [-0.2, 0) is 28.2 Å². The van der Waals surface area contributed by atoms with Crippen molar-refractivity contribution in [2.75, 3.05) is 32.8 Å². The summed E-state index contributed by atoms with van der Waals surface area (Å²) in [5.41, 5.74) is 0.893. The number of amides is 1. The highest BCUT2D eigenvalue weighted by Gasteiger charge is 2.44. The summed E-state index contributed by atoms with van der Waals surface area (Å²) in [6.45, 7) is 27.1. The maximum absolute atomic E-state index is 14.2. The molecule has 326 valence electrons. The molecule has 1 aromatic heterocycles. The van der Waals surface area contributed by atoms with E-state index in [1.54, 1.807) is 6.20 Å². The number of likely N-dealkylation sites (tertiary alicyclic amines) is 2. The Morgan fingerprint density at radius 1 is 1.05 bits per heavy atom. The molecular formula is C47H77N3O7Si. The number of rotatable bonds is 12. The van der Waals surface area contributed by atoms with E-state index in [1.165, 1.54) is 25.7 Å². The zero-order chi connectivity index (χ0) is 42.5. The van der Waals surface area contributed by atoms with E-state index < -0.39 is 38.5 Å². The van der Waals surface area contributed by atoms with Crippen molar-refractivity contribution in [2.24, 2.45) is 5.92 Å². The number of ether oxygens (including phenoxy) is 4. The Kier molecular flexibility index (Phi) is 18.3. The summed E-state index contributed by atoms with van der Waals surface area (Å²) in [6.07, 6.45) is 17.4. The fourth-order valence-electron chi connectivity index (χ4n) is 8.16. The van der Waals surface area contributed by atoms with Crippen LogP contribution in [0.2, 0.25) is 18.1 Å². The lowest BCUT2D eigenvalue weighted by Crippen LogP contribution is -2.51. The van der Waals surface area contributed by atoms with Gasteiger partial charge in [-0.3, -0.25) is 9.78 Å². The molecule has 1 amide bonds. The normalized spacial score (nSPS) is 28.5. The van der Waals surface area contributed by atoms with E-state index in [0.717, 1.165) is 37.2 Å². The highest BCUT2D eigenvalue weighted by molar-refractivity contribution is 6.74. The van der Waals surface area contributed by atoms with Crippen molar-refractivity contribution in [1.82, 2.24) is 14.8 Å².